The molecule has 2 aromatic carbocycles. The lowest BCUT2D eigenvalue weighted by atomic mass is 10.1. The molecule has 0 aliphatic heterocycles. The number of nitrogen functional groups attached to an aromatic ring is 1. The summed E-state index contributed by atoms with van der Waals surface area (Å²) in [4.78, 5) is 11.9. The fraction of sp³-hybridized carbons (Fsp3) is 0.0714. The van der Waals surface area contributed by atoms with Gasteiger partial charge in [0.25, 0.3) is 5.91 Å². The van der Waals surface area contributed by atoms with Gasteiger partial charge in [0, 0.05) is 11.8 Å². The molecule has 0 radical (unpaired) electrons. The van der Waals surface area contributed by atoms with Gasteiger partial charge in [-0.25, -0.2) is 8.78 Å². The SMILES string of the molecule is COc1ccc(C(=O)Nc2ccc(N)cc2F)c(F)c1. The summed E-state index contributed by atoms with van der Waals surface area (Å²) in [6, 6.07) is 7.59. The minimum absolute atomic E-state index is 0.0700. The van der Waals surface area contributed by atoms with Gasteiger partial charge in [-0.2, -0.15) is 0 Å². The highest BCUT2D eigenvalue weighted by Crippen LogP contribution is 2.20. The van der Waals surface area contributed by atoms with E-state index in [-0.39, 0.29) is 22.7 Å². The molecule has 0 fully saturated rings. The first-order valence-electron chi connectivity index (χ1n) is 5.71. The molecule has 0 aromatic heterocycles. The Hall–Kier alpha value is -2.63. The minimum atomic E-state index is -0.756. The molecule has 0 aliphatic rings. The third-order valence-electron chi connectivity index (χ3n) is 2.66. The van der Waals surface area contributed by atoms with Crippen LogP contribution in [0.5, 0.6) is 5.75 Å². The van der Waals surface area contributed by atoms with E-state index in [4.69, 9.17) is 10.5 Å². The van der Waals surface area contributed by atoms with Crippen molar-refractivity contribution in [1.82, 2.24) is 0 Å². The maximum atomic E-state index is 13.7. The normalized spacial score (nSPS) is 10.2. The molecule has 0 heterocycles. The summed E-state index contributed by atoms with van der Waals surface area (Å²) in [5.74, 6) is -1.91. The maximum absolute atomic E-state index is 13.7. The number of methoxy groups -OCH3 is 1. The van der Waals surface area contributed by atoms with Crippen LogP contribution >= 0.6 is 0 Å². The van der Waals surface area contributed by atoms with E-state index in [0.29, 0.717) is 0 Å². The summed E-state index contributed by atoms with van der Waals surface area (Å²) in [6.45, 7) is 0. The quantitative estimate of drug-likeness (QED) is 0.848. The third kappa shape index (κ3) is 2.85. The van der Waals surface area contributed by atoms with Gasteiger partial charge in [-0.3, -0.25) is 4.79 Å². The van der Waals surface area contributed by atoms with Crippen LogP contribution in [0.25, 0.3) is 0 Å². The molecule has 6 heteroatoms. The standard InChI is InChI=1S/C14H12F2N2O2/c1-20-9-3-4-10(11(15)7-9)14(19)18-13-5-2-8(17)6-12(13)16/h2-7H,17H2,1H3,(H,18,19). The molecule has 0 bridgehead atoms. The van der Waals surface area contributed by atoms with Crippen LogP contribution in [0.4, 0.5) is 20.2 Å². The third-order valence-corrected chi connectivity index (χ3v) is 2.66. The second-order valence-corrected chi connectivity index (χ2v) is 4.04. The molecule has 0 saturated carbocycles. The van der Waals surface area contributed by atoms with Crippen LogP contribution in [0.1, 0.15) is 10.4 Å². The van der Waals surface area contributed by atoms with Crippen LogP contribution in [-0.4, -0.2) is 13.0 Å². The van der Waals surface area contributed by atoms with Gasteiger partial charge in [-0.1, -0.05) is 0 Å². The lowest BCUT2D eigenvalue weighted by molar-refractivity contribution is 0.102. The molecule has 104 valence electrons. The topological polar surface area (TPSA) is 64.3 Å². The first-order valence-corrected chi connectivity index (χ1v) is 5.71. The predicted molar refractivity (Wildman–Crippen MR) is 71.7 cm³/mol. The number of amides is 1. The van der Waals surface area contributed by atoms with E-state index in [1.54, 1.807) is 0 Å². The van der Waals surface area contributed by atoms with E-state index in [1.807, 2.05) is 0 Å². The number of carbonyl (C=O) groups is 1. The highest BCUT2D eigenvalue weighted by molar-refractivity contribution is 6.04. The molecule has 4 nitrogen and oxygen atoms in total. The number of hydrogen-bond acceptors (Lipinski definition) is 3. The zero-order valence-electron chi connectivity index (χ0n) is 10.6. The molecular formula is C14H12F2N2O2. The highest BCUT2D eigenvalue weighted by atomic mass is 19.1. The molecule has 2 rings (SSSR count). The van der Waals surface area contributed by atoms with Crippen LogP contribution in [0.3, 0.4) is 0 Å². The Balaban J connectivity index is 2.24. The number of anilines is 2. The van der Waals surface area contributed by atoms with Crippen molar-refractivity contribution in [2.75, 3.05) is 18.2 Å². The van der Waals surface area contributed by atoms with E-state index in [2.05, 4.69) is 5.32 Å². The number of benzene rings is 2. The smallest absolute Gasteiger partial charge is 0.258 e. The van der Waals surface area contributed by atoms with Gasteiger partial charge in [0.05, 0.1) is 18.4 Å². The van der Waals surface area contributed by atoms with Crippen molar-refractivity contribution in [1.29, 1.82) is 0 Å². The van der Waals surface area contributed by atoms with Gasteiger partial charge in [0.15, 0.2) is 0 Å². The number of carbonyl (C=O) groups excluding carboxylic acids is 1. The van der Waals surface area contributed by atoms with Crippen molar-refractivity contribution in [2.45, 2.75) is 0 Å². The predicted octanol–water partition coefficient (Wildman–Crippen LogP) is 2.81. The van der Waals surface area contributed by atoms with Gasteiger partial charge in [-0.05, 0) is 30.3 Å². The van der Waals surface area contributed by atoms with Crippen molar-refractivity contribution in [3.8, 4) is 5.75 Å². The van der Waals surface area contributed by atoms with Gasteiger partial charge in [-0.15, -0.1) is 0 Å². The molecule has 0 atom stereocenters. The van der Waals surface area contributed by atoms with Crippen LogP contribution in [0, 0.1) is 11.6 Å². The lowest BCUT2D eigenvalue weighted by Crippen LogP contribution is -2.14. The fourth-order valence-electron chi connectivity index (χ4n) is 1.63. The van der Waals surface area contributed by atoms with E-state index >= 15 is 0 Å². The summed E-state index contributed by atoms with van der Waals surface area (Å²) in [5, 5.41) is 2.28. The summed E-state index contributed by atoms with van der Waals surface area (Å²) in [7, 11) is 1.39. The average molecular weight is 278 g/mol. The van der Waals surface area contributed by atoms with Crippen molar-refractivity contribution in [3.63, 3.8) is 0 Å². The fourth-order valence-corrected chi connectivity index (χ4v) is 1.63. The Morgan fingerprint density at radius 2 is 1.90 bits per heavy atom. The monoisotopic (exact) mass is 278 g/mol. The number of nitrogens with two attached hydrogens (primary N) is 1. The van der Waals surface area contributed by atoms with Gasteiger partial charge >= 0.3 is 0 Å². The molecule has 3 N–H and O–H groups in total. The van der Waals surface area contributed by atoms with E-state index < -0.39 is 17.5 Å². The summed E-state index contributed by atoms with van der Waals surface area (Å²) in [6.07, 6.45) is 0. The molecule has 0 spiro atoms. The maximum Gasteiger partial charge on any atom is 0.258 e. The number of ether oxygens (including phenoxy) is 1. The molecule has 0 unspecified atom stereocenters. The Bertz CT molecular complexity index is 660. The van der Waals surface area contributed by atoms with Gasteiger partial charge in [0.1, 0.15) is 17.4 Å². The number of rotatable bonds is 3. The first kappa shape index (κ1) is 13.8. The molecule has 1 amide bonds. The molecule has 2 aromatic rings. The number of halogens is 2. The van der Waals surface area contributed by atoms with Gasteiger partial charge in [0.2, 0.25) is 0 Å². The van der Waals surface area contributed by atoms with Crippen molar-refractivity contribution < 1.29 is 18.3 Å². The summed E-state index contributed by atoms with van der Waals surface area (Å²) < 4.78 is 32.1. The summed E-state index contributed by atoms with van der Waals surface area (Å²) in [5.41, 5.74) is 5.35. The van der Waals surface area contributed by atoms with E-state index in [1.165, 1.54) is 31.4 Å². The zero-order chi connectivity index (χ0) is 14.7. The largest absolute Gasteiger partial charge is 0.497 e. The molecule has 20 heavy (non-hydrogen) atoms. The van der Waals surface area contributed by atoms with Crippen LogP contribution in [-0.2, 0) is 0 Å². The second-order valence-electron chi connectivity index (χ2n) is 4.04. The Kier molecular flexibility index (Phi) is 3.84. The van der Waals surface area contributed by atoms with Crippen molar-refractivity contribution >= 4 is 17.3 Å². The Morgan fingerprint density at radius 3 is 2.50 bits per heavy atom. The highest BCUT2D eigenvalue weighted by Gasteiger charge is 2.14. The van der Waals surface area contributed by atoms with Crippen molar-refractivity contribution in [2.24, 2.45) is 0 Å². The lowest BCUT2D eigenvalue weighted by Gasteiger charge is -2.08. The Labute approximate surface area is 114 Å². The molecular weight excluding hydrogens is 266 g/mol. The number of nitrogens with one attached hydrogen (secondary N) is 1. The zero-order valence-corrected chi connectivity index (χ0v) is 10.6. The van der Waals surface area contributed by atoms with Crippen LogP contribution < -0.4 is 15.8 Å². The van der Waals surface area contributed by atoms with Crippen LogP contribution in [0.2, 0.25) is 0 Å². The van der Waals surface area contributed by atoms with Crippen molar-refractivity contribution in [3.05, 3.63) is 53.6 Å². The van der Waals surface area contributed by atoms with E-state index in [0.717, 1.165) is 12.1 Å². The van der Waals surface area contributed by atoms with E-state index in [9.17, 15) is 13.6 Å². The van der Waals surface area contributed by atoms with Crippen LogP contribution in [0.15, 0.2) is 36.4 Å². The number of hydrogen-bond donors (Lipinski definition) is 2. The molecule has 0 saturated heterocycles. The minimum Gasteiger partial charge on any atom is -0.497 e. The average Bonchev–Trinajstić information content (AvgIpc) is 2.41. The summed E-state index contributed by atoms with van der Waals surface area (Å²) >= 11 is 0. The first-order chi connectivity index (χ1) is 9.51. The Morgan fingerprint density at radius 1 is 1.15 bits per heavy atom. The molecule has 0 aliphatic carbocycles. The second kappa shape index (κ2) is 5.56. The van der Waals surface area contributed by atoms with Gasteiger partial charge < -0.3 is 15.8 Å².